The van der Waals surface area contributed by atoms with Crippen molar-refractivity contribution in [1.82, 2.24) is 10.2 Å². The van der Waals surface area contributed by atoms with Gasteiger partial charge < -0.3 is 0 Å². The molecule has 2 rings (SSSR count). The fraction of sp³-hybridized carbons (Fsp3) is 0. The van der Waals surface area contributed by atoms with Gasteiger partial charge in [0.1, 0.15) is 11.6 Å². The van der Waals surface area contributed by atoms with Gasteiger partial charge in [-0.2, -0.15) is 0 Å². The molecule has 0 N–H and O–H groups in total. The minimum absolute atomic E-state index is 0.0687. The Balaban J connectivity index is 2.53. The van der Waals surface area contributed by atoms with Crippen molar-refractivity contribution < 1.29 is 8.78 Å². The molecule has 0 aliphatic rings. The summed E-state index contributed by atoms with van der Waals surface area (Å²) in [5.74, 6) is -1.07. The first-order valence-corrected chi connectivity index (χ1v) is 4.49. The van der Waals surface area contributed by atoms with E-state index in [0.29, 0.717) is 0 Å². The fourth-order valence-electron chi connectivity index (χ4n) is 1.15. The van der Waals surface area contributed by atoms with Crippen LogP contribution in [0.5, 0.6) is 0 Å². The predicted octanol–water partition coefficient (Wildman–Crippen LogP) is 3.08. The maximum absolute atomic E-state index is 13.3. The molecule has 1 aromatic carbocycles. The lowest BCUT2D eigenvalue weighted by Gasteiger charge is -2.01. The van der Waals surface area contributed by atoms with Gasteiger partial charge in [-0.05, 0) is 30.3 Å². The molecule has 0 saturated carbocycles. The van der Waals surface area contributed by atoms with E-state index >= 15 is 0 Å². The SMILES string of the molecule is Fc1ccc(F)c(-c2ccc(Cl)nn2)c1. The summed E-state index contributed by atoms with van der Waals surface area (Å²) < 4.78 is 26.2. The molecular weight excluding hydrogens is 222 g/mol. The molecule has 0 radical (unpaired) electrons. The quantitative estimate of drug-likeness (QED) is 0.747. The summed E-state index contributed by atoms with van der Waals surface area (Å²) in [5, 5.41) is 7.42. The molecule has 0 unspecified atom stereocenters. The van der Waals surface area contributed by atoms with E-state index in [1.807, 2.05) is 0 Å². The Morgan fingerprint density at radius 2 is 1.80 bits per heavy atom. The van der Waals surface area contributed by atoms with Crippen LogP contribution in [0.3, 0.4) is 0 Å². The van der Waals surface area contributed by atoms with Gasteiger partial charge in [-0.25, -0.2) is 8.78 Å². The lowest BCUT2D eigenvalue weighted by atomic mass is 10.1. The van der Waals surface area contributed by atoms with Gasteiger partial charge in [0.25, 0.3) is 0 Å². The molecular formula is C10H5ClF2N2. The minimum Gasteiger partial charge on any atom is -0.207 e. The van der Waals surface area contributed by atoms with Crippen LogP contribution in [0.1, 0.15) is 0 Å². The van der Waals surface area contributed by atoms with Gasteiger partial charge in [-0.15, -0.1) is 10.2 Å². The highest BCUT2D eigenvalue weighted by Crippen LogP contribution is 2.21. The molecule has 15 heavy (non-hydrogen) atoms. The maximum atomic E-state index is 13.3. The topological polar surface area (TPSA) is 25.8 Å². The Hall–Kier alpha value is -1.55. The van der Waals surface area contributed by atoms with Crippen molar-refractivity contribution in [3.63, 3.8) is 0 Å². The molecule has 2 nitrogen and oxygen atoms in total. The summed E-state index contributed by atoms with van der Waals surface area (Å²) in [6.45, 7) is 0. The van der Waals surface area contributed by atoms with Gasteiger partial charge in [0, 0.05) is 5.56 Å². The van der Waals surface area contributed by atoms with E-state index in [9.17, 15) is 8.78 Å². The van der Waals surface area contributed by atoms with Crippen molar-refractivity contribution in [3.8, 4) is 11.3 Å². The number of benzene rings is 1. The van der Waals surface area contributed by atoms with Crippen molar-refractivity contribution in [2.45, 2.75) is 0 Å². The standard InChI is InChI=1S/C10H5ClF2N2/c11-10-4-3-9(14-15-10)7-5-6(12)1-2-8(7)13/h1-5H. The molecule has 1 aromatic heterocycles. The highest BCUT2D eigenvalue weighted by molar-refractivity contribution is 6.29. The van der Waals surface area contributed by atoms with Crippen LogP contribution in [0.15, 0.2) is 30.3 Å². The summed E-state index contributed by atoms with van der Waals surface area (Å²) in [4.78, 5) is 0. The highest BCUT2D eigenvalue weighted by Gasteiger charge is 2.08. The normalized spacial score (nSPS) is 10.3. The molecule has 0 atom stereocenters. The molecule has 76 valence electrons. The van der Waals surface area contributed by atoms with Crippen LogP contribution < -0.4 is 0 Å². The Morgan fingerprint density at radius 1 is 1.00 bits per heavy atom. The Bertz CT molecular complexity index is 485. The van der Waals surface area contributed by atoms with Crippen LogP contribution in [0.25, 0.3) is 11.3 Å². The fourth-order valence-corrected chi connectivity index (χ4v) is 1.25. The first-order valence-electron chi connectivity index (χ1n) is 4.11. The zero-order valence-corrected chi connectivity index (χ0v) is 8.17. The molecule has 1 heterocycles. The molecule has 0 spiro atoms. The van der Waals surface area contributed by atoms with E-state index in [0.717, 1.165) is 18.2 Å². The van der Waals surface area contributed by atoms with E-state index in [1.54, 1.807) is 0 Å². The van der Waals surface area contributed by atoms with Crippen LogP contribution in [-0.2, 0) is 0 Å². The summed E-state index contributed by atoms with van der Waals surface area (Å²) in [7, 11) is 0. The molecule has 0 saturated heterocycles. The van der Waals surface area contributed by atoms with Crippen LogP contribution in [-0.4, -0.2) is 10.2 Å². The number of nitrogens with zero attached hydrogens (tertiary/aromatic N) is 2. The third-order valence-electron chi connectivity index (χ3n) is 1.84. The number of hydrogen-bond donors (Lipinski definition) is 0. The smallest absolute Gasteiger partial charge is 0.151 e. The first kappa shape index (κ1) is 9.98. The average molecular weight is 227 g/mol. The predicted molar refractivity (Wildman–Crippen MR) is 52.4 cm³/mol. The first-order chi connectivity index (χ1) is 7.16. The van der Waals surface area contributed by atoms with Gasteiger partial charge in [0.05, 0.1) is 5.69 Å². The van der Waals surface area contributed by atoms with Crippen molar-refractivity contribution >= 4 is 11.6 Å². The average Bonchev–Trinajstić information content (AvgIpc) is 2.23. The van der Waals surface area contributed by atoms with E-state index in [1.165, 1.54) is 12.1 Å². The number of rotatable bonds is 1. The van der Waals surface area contributed by atoms with Gasteiger partial charge in [0.15, 0.2) is 5.15 Å². The van der Waals surface area contributed by atoms with Gasteiger partial charge >= 0.3 is 0 Å². The van der Waals surface area contributed by atoms with Crippen LogP contribution in [0.4, 0.5) is 8.78 Å². The molecule has 0 aliphatic heterocycles. The van der Waals surface area contributed by atoms with Gasteiger partial charge in [-0.1, -0.05) is 11.6 Å². The summed E-state index contributed by atoms with van der Waals surface area (Å²) >= 11 is 5.53. The van der Waals surface area contributed by atoms with E-state index in [2.05, 4.69) is 10.2 Å². The summed E-state index contributed by atoms with van der Waals surface area (Å²) in [6, 6.07) is 6.10. The zero-order valence-electron chi connectivity index (χ0n) is 7.42. The maximum Gasteiger partial charge on any atom is 0.151 e. The molecule has 2 aromatic rings. The van der Waals surface area contributed by atoms with Crippen molar-refractivity contribution in [2.24, 2.45) is 0 Å². The van der Waals surface area contributed by atoms with Crippen LogP contribution in [0, 0.1) is 11.6 Å². The number of halogens is 3. The van der Waals surface area contributed by atoms with Crippen LogP contribution in [0.2, 0.25) is 5.15 Å². The Labute approximate surface area is 89.5 Å². The zero-order chi connectivity index (χ0) is 10.8. The second kappa shape index (κ2) is 3.90. The van der Waals surface area contributed by atoms with E-state index in [4.69, 9.17) is 11.6 Å². The molecule has 5 heteroatoms. The largest absolute Gasteiger partial charge is 0.207 e. The Morgan fingerprint density at radius 3 is 2.47 bits per heavy atom. The van der Waals surface area contributed by atoms with E-state index in [-0.39, 0.29) is 16.4 Å². The third kappa shape index (κ3) is 2.10. The van der Waals surface area contributed by atoms with Gasteiger partial charge in [-0.3, -0.25) is 0 Å². The summed E-state index contributed by atoms with van der Waals surface area (Å²) in [5.41, 5.74) is 0.315. The molecule has 0 bridgehead atoms. The van der Waals surface area contributed by atoms with E-state index < -0.39 is 11.6 Å². The van der Waals surface area contributed by atoms with Crippen molar-refractivity contribution in [2.75, 3.05) is 0 Å². The highest BCUT2D eigenvalue weighted by atomic mass is 35.5. The number of aromatic nitrogens is 2. The minimum atomic E-state index is -0.548. The summed E-state index contributed by atoms with van der Waals surface area (Å²) in [6.07, 6.45) is 0. The Kier molecular flexibility index (Phi) is 2.60. The third-order valence-corrected chi connectivity index (χ3v) is 2.04. The molecule has 0 fully saturated rings. The lowest BCUT2D eigenvalue weighted by Crippen LogP contribution is -1.91. The van der Waals surface area contributed by atoms with Gasteiger partial charge in [0.2, 0.25) is 0 Å². The monoisotopic (exact) mass is 226 g/mol. The molecule has 0 aliphatic carbocycles. The second-order valence-corrected chi connectivity index (χ2v) is 3.25. The number of hydrogen-bond acceptors (Lipinski definition) is 2. The second-order valence-electron chi connectivity index (χ2n) is 2.87. The van der Waals surface area contributed by atoms with Crippen molar-refractivity contribution in [3.05, 3.63) is 47.1 Å². The van der Waals surface area contributed by atoms with Crippen LogP contribution >= 0.6 is 11.6 Å². The lowest BCUT2D eigenvalue weighted by molar-refractivity contribution is 0.602. The molecule has 0 amide bonds. The van der Waals surface area contributed by atoms with Crippen molar-refractivity contribution in [1.29, 1.82) is 0 Å².